The maximum absolute atomic E-state index is 13.1. The third kappa shape index (κ3) is 5.20. The first-order valence-corrected chi connectivity index (χ1v) is 8.57. The molecule has 0 spiro atoms. The van der Waals surface area contributed by atoms with Crippen LogP contribution < -0.4 is 14.8 Å². The largest absolute Gasteiger partial charge is 0.484 e. The van der Waals surface area contributed by atoms with E-state index in [2.05, 4.69) is 15.0 Å². The zero-order valence-electron chi connectivity index (χ0n) is 13.7. The number of nitrogens with one attached hydrogen (secondary N) is 1. The number of rotatable bonds is 7. The fourth-order valence-electron chi connectivity index (χ4n) is 2.19. The van der Waals surface area contributed by atoms with E-state index in [9.17, 15) is 18.0 Å². The smallest absolute Gasteiger partial charge is 0.387 e. The van der Waals surface area contributed by atoms with Crippen molar-refractivity contribution in [3.63, 3.8) is 0 Å². The molecule has 0 saturated heterocycles. The Hall–Kier alpha value is -3.07. The lowest BCUT2D eigenvalue weighted by Crippen LogP contribution is -2.20. The second-order valence-electron chi connectivity index (χ2n) is 5.21. The van der Waals surface area contributed by atoms with Crippen LogP contribution in [-0.2, 0) is 4.79 Å². The van der Waals surface area contributed by atoms with Crippen LogP contribution in [0.4, 0.5) is 18.3 Å². The number of carbonyl (C=O) groups is 1. The van der Waals surface area contributed by atoms with Crippen LogP contribution in [0.3, 0.4) is 0 Å². The molecule has 1 aromatic heterocycles. The number of anilines is 1. The summed E-state index contributed by atoms with van der Waals surface area (Å²) in [4.78, 5) is 16.1. The molecule has 3 aromatic rings. The van der Waals surface area contributed by atoms with Gasteiger partial charge in [-0.15, -0.1) is 11.3 Å². The summed E-state index contributed by atoms with van der Waals surface area (Å²) in [5.41, 5.74) is 0.767. The molecular weight excluding hydrogens is 381 g/mol. The highest BCUT2D eigenvalue weighted by atomic mass is 32.1. The van der Waals surface area contributed by atoms with Gasteiger partial charge in [-0.2, -0.15) is 8.78 Å². The third-order valence-electron chi connectivity index (χ3n) is 3.30. The van der Waals surface area contributed by atoms with E-state index in [1.165, 1.54) is 24.3 Å². The lowest BCUT2D eigenvalue weighted by Gasteiger charge is -2.08. The number of para-hydroxylation sites is 1. The van der Waals surface area contributed by atoms with Gasteiger partial charge in [0.05, 0.1) is 5.69 Å². The van der Waals surface area contributed by atoms with Crippen LogP contribution in [0.2, 0.25) is 0 Å². The summed E-state index contributed by atoms with van der Waals surface area (Å²) in [7, 11) is 0. The van der Waals surface area contributed by atoms with Crippen molar-refractivity contribution in [3.8, 4) is 22.8 Å². The van der Waals surface area contributed by atoms with Gasteiger partial charge in [-0.1, -0.05) is 18.2 Å². The number of halogens is 3. The number of hydrogen-bond acceptors (Lipinski definition) is 5. The monoisotopic (exact) mass is 394 g/mol. The normalized spacial score (nSPS) is 10.7. The SMILES string of the molecule is O=C(COc1cccc(F)c1)Nc1nc(-c2ccccc2OC(F)F)cs1. The summed E-state index contributed by atoms with van der Waals surface area (Å²) in [5, 5.41) is 4.41. The van der Waals surface area contributed by atoms with Gasteiger partial charge in [0.2, 0.25) is 0 Å². The van der Waals surface area contributed by atoms with Gasteiger partial charge in [0.25, 0.3) is 5.91 Å². The fraction of sp³-hybridized carbons (Fsp3) is 0.111. The first-order valence-electron chi connectivity index (χ1n) is 7.69. The highest BCUT2D eigenvalue weighted by Crippen LogP contribution is 2.32. The second-order valence-corrected chi connectivity index (χ2v) is 6.06. The Morgan fingerprint density at radius 2 is 2.00 bits per heavy atom. The first-order chi connectivity index (χ1) is 13.0. The number of hydrogen-bond donors (Lipinski definition) is 1. The molecular formula is C18H13F3N2O3S. The van der Waals surface area contributed by atoms with Crippen LogP contribution in [0.5, 0.6) is 11.5 Å². The second kappa shape index (κ2) is 8.54. The van der Waals surface area contributed by atoms with E-state index in [0.717, 1.165) is 17.4 Å². The van der Waals surface area contributed by atoms with Crippen LogP contribution in [-0.4, -0.2) is 24.1 Å². The predicted molar refractivity (Wildman–Crippen MR) is 94.7 cm³/mol. The van der Waals surface area contributed by atoms with Crippen molar-refractivity contribution in [1.82, 2.24) is 4.98 Å². The lowest BCUT2D eigenvalue weighted by atomic mass is 10.1. The van der Waals surface area contributed by atoms with Gasteiger partial charge in [0.15, 0.2) is 11.7 Å². The van der Waals surface area contributed by atoms with Gasteiger partial charge in [-0.3, -0.25) is 10.1 Å². The molecule has 0 radical (unpaired) electrons. The van der Waals surface area contributed by atoms with E-state index < -0.39 is 18.3 Å². The molecule has 0 fully saturated rings. The molecule has 2 aromatic carbocycles. The average Bonchev–Trinajstić information content (AvgIpc) is 3.08. The summed E-state index contributed by atoms with van der Waals surface area (Å²) < 4.78 is 47.8. The lowest BCUT2D eigenvalue weighted by molar-refractivity contribution is -0.118. The number of amides is 1. The molecule has 1 heterocycles. The number of thiazole rings is 1. The molecule has 0 bridgehead atoms. The molecule has 1 N–H and O–H groups in total. The van der Waals surface area contributed by atoms with Crippen molar-refractivity contribution in [1.29, 1.82) is 0 Å². The average molecular weight is 394 g/mol. The minimum absolute atomic E-state index is 0.00915. The Balaban J connectivity index is 1.63. The Morgan fingerprint density at radius 1 is 1.19 bits per heavy atom. The highest BCUT2D eigenvalue weighted by molar-refractivity contribution is 7.14. The topological polar surface area (TPSA) is 60.5 Å². The quantitative estimate of drug-likeness (QED) is 0.638. The summed E-state index contributed by atoms with van der Waals surface area (Å²) in [6.07, 6.45) is 0. The maximum Gasteiger partial charge on any atom is 0.387 e. The maximum atomic E-state index is 13.1. The van der Waals surface area contributed by atoms with E-state index in [1.807, 2.05) is 0 Å². The van der Waals surface area contributed by atoms with Crippen LogP contribution in [0.15, 0.2) is 53.9 Å². The van der Waals surface area contributed by atoms with Crippen molar-refractivity contribution in [2.75, 3.05) is 11.9 Å². The molecule has 9 heteroatoms. The van der Waals surface area contributed by atoms with Crippen molar-refractivity contribution < 1.29 is 27.4 Å². The molecule has 3 rings (SSSR count). The summed E-state index contributed by atoms with van der Waals surface area (Å²) in [6.45, 7) is -3.28. The summed E-state index contributed by atoms with van der Waals surface area (Å²) >= 11 is 1.12. The van der Waals surface area contributed by atoms with Gasteiger partial charge >= 0.3 is 6.61 Å². The zero-order valence-corrected chi connectivity index (χ0v) is 14.5. The van der Waals surface area contributed by atoms with E-state index in [4.69, 9.17) is 4.74 Å². The molecule has 1 amide bonds. The third-order valence-corrected chi connectivity index (χ3v) is 4.05. The molecule has 0 aliphatic carbocycles. The standard InChI is InChI=1S/C18H13F3N2O3S/c19-11-4-3-5-12(8-11)25-9-16(24)23-18-22-14(10-27-18)13-6-1-2-7-15(13)26-17(20)21/h1-8,10,17H,9H2,(H,22,23,24). The Labute approximate surface area is 156 Å². The number of ether oxygens (including phenoxy) is 2. The summed E-state index contributed by atoms with van der Waals surface area (Å²) in [6, 6.07) is 11.6. The van der Waals surface area contributed by atoms with Crippen molar-refractivity contribution >= 4 is 22.4 Å². The van der Waals surface area contributed by atoms with Gasteiger partial charge in [-0.25, -0.2) is 9.37 Å². The minimum Gasteiger partial charge on any atom is -0.484 e. The van der Waals surface area contributed by atoms with Crippen LogP contribution in [0.1, 0.15) is 0 Å². The molecule has 0 unspecified atom stereocenters. The van der Waals surface area contributed by atoms with Gasteiger partial charge in [0.1, 0.15) is 17.3 Å². The van der Waals surface area contributed by atoms with E-state index in [1.54, 1.807) is 23.6 Å². The molecule has 140 valence electrons. The van der Waals surface area contributed by atoms with Gasteiger partial charge in [-0.05, 0) is 24.3 Å². The number of alkyl halides is 2. The van der Waals surface area contributed by atoms with Crippen LogP contribution in [0.25, 0.3) is 11.3 Å². The number of aromatic nitrogens is 1. The molecule has 0 saturated carbocycles. The van der Waals surface area contributed by atoms with Gasteiger partial charge < -0.3 is 9.47 Å². The van der Waals surface area contributed by atoms with Crippen molar-refractivity contribution in [2.45, 2.75) is 6.61 Å². The van der Waals surface area contributed by atoms with Crippen molar-refractivity contribution in [2.24, 2.45) is 0 Å². The number of carbonyl (C=O) groups excluding carboxylic acids is 1. The van der Waals surface area contributed by atoms with Crippen molar-refractivity contribution in [3.05, 3.63) is 59.7 Å². The molecule has 27 heavy (non-hydrogen) atoms. The number of nitrogens with zero attached hydrogens (tertiary/aromatic N) is 1. The first kappa shape index (κ1) is 18.7. The molecule has 0 aliphatic heterocycles. The molecule has 5 nitrogen and oxygen atoms in total. The fourth-order valence-corrected chi connectivity index (χ4v) is 2.92. The van der Waals surface area contributed by atoms with E-state index in [-0.39, 0.29) is 23.2 Å². The van der Waals surface area contributed by atoms with E-state index in [0.29, 0.717) is 11.3 Å². The van der Waals surface area contributed by atoms with Crippen LogP contribution >= 0.6 is 11.3 Å². The minimum atomic E-state index is -2.95. The summed E-state index contributed by atoms with van der Waals surface area (Å²) in [5.74, 6) is -0.743. The zero-order chi connectivity index (χ0) is 19.2. The Bertz CT molecular complexity index is 933. The Morgan fingerprint density at radius 3 is 2.78 bits per heavy atom. The van der Waals surface area contributed by atoms with Gasteiger partial charge in [0, 0.05) is 17.0 Å². The Kier molecular flexibility index (Phi) is 5.92. The predicted octanol–water partition coefficient (Wildman–Crippen LogP) is 4.57. The van der Waals surface area contributed by atoms with Crippen LogP contribution in [0, 0.1) is 5.82 Å². The molecule has 0 atom stereocenters. The van der Waals surface area contributed by atoms with E-state index >= 15 is 0 Å². The number of benzene rings is 2. The highest BCUT2D eigenvalue weighted by Gasteiger charge is 2.14. The molecule has 0 aliphatic rings.